The summed E-state index contributed by atoms with van der Waals surface area (Å²) in [5.74, 6) is 0. The Morgan fingerprint density at radius 3 is 2.86 bits per heavy atom. The average molecular weight is 288 g/mol. The lowest BCUT2D eigenvalue weighted by Gasteiger charge is -2.08. The van der Waals surface area contributed by atoms with E-state index in [0.29, 0.717) is 0 Å². The second-order valence-electron chi connectivity index (χ2n) is 5.59. The third-order valence-electron chi connectivity index (χ3n) is 3.95. The molecule has 3 heteroatoms. The minimum Gasteiger partial charge on any atom is -0.383 e. The molecule has 2 rings (SSSR count). The third kappa shape index (κ3) is 4.58. The smallest absolute Gasteiger partial charge is 0.0587 e. The van der Waals surface area contributed by atoms with Crippen molar-refractivity contribution in [2.75, 3.05) is 20.3 Å². The van der Waals surface area contributed by atoms with Gasteiger partial charge < -0.3 is 14.6 Å². The molecule has 2 aromatic rings. The zero-order valence-corrected chi connectivity index (χ0v) is 13.4. The fourth-order valence-corrected chi connectivity index (χ4v) is 2.74. The van der Waals surface area contributed by atoms with Crippen molar-refractivity contribution < 1.29 is 4.74 Å². The summed E-state index contributed by atoms with van der Waals surface area (Å²) < 4.78 is 7.46. The molecule has 0 fully saturated rings. The van der Waals surface area contributed by atoms with Crippen LogP contribution in [0.3, 0.4) is 0 Å². The Hall–Kier alpha value is -1.32. The molecule has 0 aliphatic heterocycles. The van der Waals surface area contributed by atoms with Crippen molar-refractivity contribution in [2.24, 2.45) is 0 Å². The quantitative estimate of drug-likeness (QED) is 0.670. The second-order valence-corrected chi connectivity index (χ2v) is 5.59. The molecule has 1 aromatic carbocycles. The number of nitrogens with one attached hydrogen (secondary N) is 1. The van der Waals surface area contributed by atoms with Crippen LogP contribution in [0.5, 0.6) is 0 Å². The van der Waals surface area contributed by atoms with Crippen LogP contribution < -0.4 is 5.32 Å². The average Bonchev–Trinajstić information content (AvgIpc) is 2.92. The van der Waals surface area contributed by atoms with E-state index in [-0.39, 0.29) is 0 Å². The number of rotatable bonds is 10. The lowest BCUT2D eigenvalue weighted by atomic mass is 10.1. The van der Waals surface area contributed by atoms with Crippen molar-refractivity contribution in [1.29, 1.82) is 0 Å². The Kier molecular flexibility index (Phi) is 6.77. The molecule has 116 valence electrons. The molecule has 1 N–H and O–H groups in total. The first-order valence-electron chi connectivity index (χ1n) is 8.13. The Morgan fingerprint density at radius 1 is 1.14 bits per heavy atom. The van der Waals surface area contributed by atoms with Crippen molar-refractivity contribution in [1.82, 2.24) is 9.88 Å². The highest BCUT2D eigenvalue weighted by molar-refractivity contribution is 5.83. The van der Waals surface area contributed by atoms with E-state index >= 15 is 0 Å². The van der Waals surface area contributed by atoms with Gasteiger partial charge in [0.15, 0.2) is 0 Å². The fraction of sp³-hybridized carbons (Fsp3) is 0.556. The molecule has 0 atom stereocenters. The summed E-state index contributed by atoms with van der Waals surface area (Å²) in [4.78, 5) is 0. The first-order chi connectivity index (χ1) is 10.4. The van der Waals surface area contributed by atoms with Crippen LogP contribution in [0.2, 0.25) is 0 Å². The maximum absolute atomic E-state index is 5.07. The van der Waals surface area contributed by atoms with Gasteiger partial charge in [0.05, 0.1) is 6.61 Å². The van der Waals surface area contributed by atoms with E-state index in [9.17, 15) is 0 Å². The highest BCUT2D eigenvalue weighted by atomic mass is 16.5. The maximum Gasteiger partial charge on any atom is 0.0587 e. The van der Waals surface area contributed by atoms with E-state index < -0.39 is 0 Å². The summed E-state index contributed by atoms with van der Waals surface area (Å²) in [5, 5.41) is 4.80. The summed E-state index contributed by atoms with van der Waals surface area (Å²) in [6.45, 7) is 5.94. The van der Waals surface area contributed by atoms with Crippen LogP contribution in [-0.2, 0) is 17.8 Å². The summed E-state index contributed by atoms with van der Waals surface area (Å²) in [6.07, 6.45) is 7.47. The number of benzene rings is 1. The standard InChI is InChI=1S/C18H28N2O/c1-3-4-5-6-12-20-13-10-17-16(8-7-9-18(17)20)15-19-11-14-21-2/h7-10,13,19H,3-6,11-12,14-15H2,1-2H3. The van der Waals surface area contributed by atoms with Crippen molar-refractivity contribution in [3.8, 4) is 0 Å². The molecule has 0 aliphatic rings. The van der Waals surface area contributed by atoms with Gasteiger partial charge in [0, 0.05) is 43.8 Å². The lowest BCUT2D eigenvalue weighted by molar-refractivity contribution is 0.199. The van der Waals surface area contributed by atoms with Crippen LogP contribution in [0.4, 0.5) is 0 Å². The number of nitrogens with zero attached hydrogens (tertiary/aromatic N) is 1. The van der Waals surface area contributed by atoms with Crippen LogP contribution in [0.25, 0.3) is 10.9 Å². The first-order valence-corrected chi connectivity index (χ1v) is 8.13. The molecule has 0 unspecified atom stereocenters. The van der Waals surface area contributed by atoms with E-state index in [1.807, 2.05) is 0 Å². The SMILES string of the molecule is CCCCCCn1ccc2c(CNCCOC)cccc21. The van der Waals surface area contributed by atoms with Crippen molar-refractivity contribution in [3.05, 3.63) is 36.0 Å². The minimum atomic E-state index is 0.758. The Bertz CT molecular complexity index is 533. The van der Waals surface area contributed by atoms with Crippen molar-refractivity contribution >= 4 is 10.9 Å². The first kappa shape index (κ1) is 16.1. The summed E-state index contributed by atoms with van der Waals surface area (Å²) in [7, 11) is 1.74. The van der Waals surface area contributed by atoms with Crippen LogP contribution in [-0.4, -0.2) is 24.8 Å². The number of hydrogen-bond donors (Lipinski definition) is 1. The van der Waals surface area contributed by atoms with Crippen LogP contribution in [0, 0.1) is 0 Å². The zero-order valence-electron chi connectivity index (χ0n) is 13.4. The van der Waals surface area contributed by atoms with Gasteiger partial charge in [-0.2, -0.15) is 0 Å². The predicted octanol–water partition coefficient (Wildman–Crippen LogP) is 3.96. The Morgan fingerprint density at radius 2 is 2.05 bits per heavy atom. The van der Waals surface area contributed by atoms with Gasteiger partial charge in [-0.15, -0.1) is 0 Å². The molecule has 21 heavy (non-hydrogen) atoms. The monoisotopic (exact) mass is 288 g/mol. The lowest BCUT2D eigenvalue weighted by Crippen LogP contribution is -2.18. The van der Waals surface area contributed by atoms with Gasteiger partial charge >= 0.3 is 0 Å². The highest BCUT2D eigenvalue weighted by Gasteiger charge is 2.05. The Balaban J connectivity index is 1.99. The van der Waals surface area contributed by atoms with Gasteiger partial charge in [-0.3, -0.25) is 0 Å². The fourth-order valence-electron chi connectivity index (χ4n) is 2.74. The van der Waals surface area contributed by atoms with E-state index in [4.69, 9.17) is 4.74 Å². The number of fused-ring (bicyclic) bond motifs is 1. The number of unbranched alkanes of at least 4 members (excludes halogenated alkanes) is 3. The van der Waals surface area contributed by atoms with Crippen molar-refractivity contribution in [3.63, 3.8) is 0 Å². The number of hydrogen-bond acceptors (Lipinski definition) is 2. The zero-order chi connectivity index (χ0) is 14.9. The molecule has 3 nitrogen and oxygen atoms in total. The molecule has 1 aromatic heterocycles. The van der Waals surface area contributed by atoms with Crippen molar-refractivity contribution in [2.45, 2.75) is 45.7 Å². The van der Waals surface area contributed by atoms with E-state index in [0.717, 1.165) is 26.2 Å². The van der Waals surface area contributed by atoms with Gasteiger partial charge in [-0.1, -0.05) is 38.3 Å². The van der Waals surface area contributed by atoms with Gasteiger partial charge in [-0.05, 0) is 24.1 Å². The number of ether oxygens (including phenoxy) is 1. The van der Waals surface area contributed by atoms with Crippen LogP contribution >= 0.6 is 0 Å². The van der Waals surface area contributed by atoms with Gasteiger partial charge in [0.1, 0.15) is 0 Å². The third-order valence-corrected chi connectivity index (χ3v) is 3.95. The maximum atomic E-state index is 5.07. The molecule has 0 amide bonds. The van der Waals surface area contributed by atoms with E-state index in [1.54, 1.807) is 7.11 Å². The molecular formula is C18H28N2O. The second kappa shape index (κ2) is 8.85. The number of methoxy groups -OCH3 is 1. The van der Waals surface area contributed by atoms with Crippen LogP contribution in [0.15, 0.2) is 30.5 Å². The number of aryl methyl sites for hydroxylation is 1. The molecular weight excluding hydrogens is 260 g/mol. The van der Waals surface area contributed by atoms with E-state index in [1.165, 1.54) is 42.1 Å². The molecule has 0 radical (unpaired) electrons. The highest BCUT2D eigenvalue weighted by Crippen LogP contribution is 2.21. The van der Waals surface area contributed by atoms with Crippen LogP contribution in [0.1, 0.15) is 38.2 Å². The topological polar surface area (TPSA) is 26.2 Å². The molecule has 1 heterocycles. The molecule has 0 bridgehead atoms. The largest absolute Gasteiger partial charge is 0.383 e. The number of aromatic nitrogens is 1. The molecule has 0 saturated heterocycles. The molecule has 0 saturated carbocycles. The normalized spacial score (nSPS) is 11.3. The summed E-state index contributed by atoms with van der Waals surface area (Å²) in [6, 6.07) is 8.86. The summed E-state index contributed by atoms with van der Waals surface area (Å²) >= 11 is 0. The molecule has 0 aliphatic carbocycles. The summed E-state index contributed by atoms with van der Waals surface area (Å²) in [5.41, 5.74) is 2.73. The molecule has 0 spiro atoms. The Labute approximate surface area is 128 Å². The predicted molar refractivity (Wildman–Crippen MR) is 89.7 cm³/mol. The van der Waals surface area contributed by atoms with Gasteiger partial charge in [0.2, 0.25) is 0 Å². The minimum absolute atomic E-state index is 0.758. The van der Waals surface area contributed by atoms with Gasteiger partial charge in [-0.25, -0.2) is 0 Å². The van der Waals surface area contributed by atoms with Gasteiger partial charge in [0.25, 0.3) is 0 Å². The van der Waals surface area contributed by atoms with E-state index in [2.05, 4.69) is 47.3 Å².